The summed E-state index contributed by atoms with van der Waals surface area (Å²) in [7, 11) is 0. The number of hydrogen-bond donors (Lipinski definition) is 1. The van der Waals surface area contributed by atoms with Crippen molar-refractivity contribution in [1.82, 2.24) is 0 Å². The van der Waals surface area contributed by atoms with E-state index in [0.717, 1.165) is 19.4 Å². The molecule has 0 aromatic rings. The molecule has 1 rings (SSSR count). The fraction of sp³-hybridized carbons (Fsp3) is 0.714. The van der Waals surface area contributed by atoms with Gasteiger partial charge in [-0.2, -0.15) is 0 Å². The van der Waals surface area contributed by atoms with Crippen molar-refractivity contribution in [3.8, 4) is 0 Å². The minimum absolute atomic E-state index is 0.0347. The number of rotatable bonds is 2. The monoisotopic (exact) mass is 127 g/mol. The number of nitrogens with two attached hydrogens (primary N) is 1. The van der Waals surface area contributed by atoms with E-state index in [2.05, 4.69) is 6.58 Å². The molecule has 0 bridgehead atoms. The van der Waals surface area contributed by atoms with Crippen LogP contribution in [0.5, 0.6) is 0 Å². The van der Waals surface area contributed by atoms with Crippen LogP contribution in [0.1, 0.15) is 12.8 Å². The maximum Gasteiger partial charge on any atom is 0.0762 e. The molecule has 1 fully saturated rings. The largest absolute Gasteiger partial charge is 0.376 e. The molecule has 2 nitrogen and oxygen atoms in total. The zero-order valence-corrected chi connectivity index (χ0v) is 5.55. The lowest BCUT2D eigenvalue weighted by Crippen LogP contribution is -2.31. The maximum absolute atomic E-state index is 5.64. The molecule has 9 heavy (non-hydrogen) atoms. The summed E-state index contributed by atoms with van der Waals surface area (Å²) in [6.45, 7) is 4.47. The van der Waals surface area contributed by atoms with Gasteiger partial charge < -0.3 is 10.5 Å². The van der Waals surface area contributed by atoms with Gasteiger partial charge in [-0.15, -0.1) is 6.58 Å². The van der Waals surface area contributed by atoms with Crippen LogP contribution in [0.2, 0.25) is 0 Å². The highest BCUT2D eigenvalue weighted by Crippen LogP contribution is 2.14. The first-order chi connectivity index (χ1) is 4.34. The molecule has 0 spiro atoms. The maximum atomic E-state index is 5.64. The summed E-state index contributed by atoms with van der Waals surface area (Å²) in [5, 5.41) is 0. The van der Waals surface area contributed by atoms with Gasteiger partial charge in [0.25, 0.3) is 0 Å². The van der Waals surface area contributed by atoms with Gasteiger partial charge in [-0.05, 0) is 12.8 Å². The second-order valence-corrected chi connectivity index (χ2v) is 2.36. The van der Waals surface area contributed by atoms with Crippen LogP contribution in [0, 0.1) is 0 Å². The van der Waals surface area contributed by atoms with E-state index in [9.17, 15) is 0 Å². The molecule has 52 valence electrons. The van der Waals surface area contributed by atoms with Crippen LogP contribution >= 0.6 is 0 Å². The lowest BCUT2D eigenvalue weighted by molar-refractivity contribution is 0.101. The van der Waals surface area contributed by atoms with Gasteiger partial charge >= 0.3 is 0 Å². The van der Waals surface area contributed by atoms with E-state index in [1.807, 2.05) is 0 Å². The van der Waals surface area contributed by atoms with Crippen LogP contribution in [-0.2, 0) is 4.74 Å². The molecule has 0 aromatic heterocycles. The van der Waals surface area contributed by atoms with E-state index < -0.39 is 0 Å². The van der Waals surface area contributed by atoms with Crippen molar-refractivity contribution >= 4 is 0 Å². The van der Waals surface area contributed by atoms with Gasteiger partial charge in [0, 0.05) is 12.6 Å². The Morgan fingerprint density at radius 3 is 3.00 bits per heavy atom. The number of hydrogen-bond acceptors (Lipinski definition) is 2. The van der Waals surface area contributed by atoms with Crippen molar-refractivity contribution in [2.75, 3.05) is 6.61 Å². The highest BCUT2D eigenvalue weighted by atomic mass is 16.5. The lowest BCUT2D eigenvalue weighted by atomic mass is 10.1. The van der Waals surface area contributed by atoms with Crippen LogP contribution in [0.3, 0.4) is 0 Å². The summed E-state index contributed by atoms with van der Waals surface area (Å²) in [6, 6.07) is 0.0347. The zero-order chi connectivity index (χ0) is 6.69. The Hall–Kier alpha value is -0.340. The molecule has 0 aromatic carbocycles. The van der Waals surface area contributed by atoms with Gasteiger partial charge in [-0.25, -0.2) is 0 Å². The van der Waals surface area contributed by atoms with E-state index in [4.69, 9.17) is 10.5 Å². The van der Waals surface area contributed by atoms with Crippen molar-refractivity contribution in [3.05, 3.63) is 12.7 Å². The van der Waals surface area contributed by atoms with E-state index in [0.29, 0.717) is 0 Å². The van der Waals surface area contributed by atoms with Gasteiger partial charge in [0.15, 0.2) is 0 Å². The van der Waals surface area contributed by atoms with Crippen LogP contribution in [-0.4, -0.2) is 18.8 Å². The Balaban J connectivity index is 2.32. The summed E-state index contributed by atoms with van der Waals surface area (Å²) < 4.78 is 5.31. The first-order valence-electron chi connectivity index (χ1n) is 3.34. The normalized spacial score (nSPS) is 30.1. The molecular weight excluding hydrogens is 114 g/mol. The van der Waals surface area contributed by atoms with Crippen molar-refractivity contribution in [3.63, 3.8) is 0 Å². The second-order valence-electron chi connectivity index (χ2n) is 2.36. The van der Waals surface area contributed by atoms with Crippen LogP contribution in [0.25, 0.3) is 0 Å². The van der Waals surface area contributed by atoms with Gasteiger partial charge in [0.1, 0.15) is 0 Å². The van der Waals surface area contributed by atoms with Gasteiger partial charge in [0.2, 0.25) is 0 Å². The molecule has 2 heteroatoms. The smallest absolute Gasteiger partial charge is 0.0762 e. The van der Waals surface area contributed by atoms with Crippen molar-refractivity contribution < 1.29 is 4.74 Å². The Labute approximate surface area is 55.7 Å². The van der Waals surface area contributed by atoms with Gasteiger partial charge in [-0.1, -0.05) is 6.08 Å². The van der Waals surface area contributed by atoms with Crippen molar-refractivity contribution in [2.24, 2.45) is 5.73 Å². The molecular formula is C7H13NO. The molecule has 2 atom stereocenters. The molecule has 1 saturated heterocycles. The summed E-state index contributed by atoms with van der Waals surface area (Å²) in [5.74, 6) is 0. The van der Waals surface area contributed by atoms with E-state index in [1.165, 1.54) is 0 Å². The zero-order valence-electron chi connectivity index (χ0n) is 5.55. The minimum atomic E-state index is 0.0347. The average molecular weight is 127 g/mol. The third-order valence-corrected chi connectivity index (χ3v) is 1.67. The topological polar surface area (TPSA) is 35.2 Å². The molecule has 2 unspecified atom stereocenters. The Morgan fingerprint density at radius 1 is 1.78 bits per heavy atom. The summed E-state index contributed by atoms with van der Waals surface area (Å²) in [5.41, 5.74) is 5.64. The molecule has 0 amide bonds. The predicted molar refractivity (Wildman–Crippen MR) is 37.1 cm³/mol. The third-order valence-electron chi connectivity index (χ3n) is 1.67. The first-order valence-corrected chi connectivity index (χ1v) is 3.34. The Bertz CT molecular complexity index is 97.1. The highest BCUT2D eigenvalue weighted by molar-refractivity contribution is 4.90. The fourth-order valence-electron chi connectivity index (χ4n) is 1.06. The molecule has 1 aliphatic heterocycles. The molecule has 0 saturated carbocycles. The molecule has 0 aliphatic carbocycles. The van der Waals surface area contributed by atoms with Crippen LogP contribution < -0.4 is 5.73 Å². The molecule has 0 radical (unpaired) electrons. The number of ether oxygens (including phenoxy) is 1. The van der Waals surface area contributed by atoms with E-state index in [-0.39, 0.29) is 12.1 Å². The molecule has 1 aliphatic rings. The predicted octanol–water partition coefficient (Wildman–Crippen LogP) is 0.679. The summed E-state index contributed by atoms with van der Waals surface area (Å²) in [4.78, 5) is 0. The van der Waals surface area contributed by atoms with E-state index in [1.54, 1.807) is 6.08 Å². The third kappa shape index (κ3) is 1.53. The molecule has 2 N–H and O–H groups in total. The average Bonchev–Trinajstić information content (AvgIpc) is 2.37. The first kappa shape index (κ1) is 6.78. The Kier molecular flexibility index (Phi) is 2.25. The standard InChI is InChI=1S/C7H13NO/c1-2-6(8)7-4-3-5-9-7/h2,6-7H,1,3-5,8H2. The van der Waals surface area contributed by atoms with Crippen molar-refractivity contribution in [1.29, 1.82) is 0 Å². The minimum Gasteiger partial charge on any atom is -0.376 e. The Morgan fingerprint density at radius 2 is 2.56 bits per heavy atom. The lowest BCUT2D eigenvalue weighted by Gasteiger charge is -2.12. The SMILES string of the molecule is C=CC(N)C1CCCO1. The van der Waals surface area contributed by atoms with E-state index >= 15 is 0 Å². The fourth-order valence-corrected chi connectivity index (χ4v) is 1.06. The van der Waals surface area contributed by atoms with Crippen LogP contribution in [0.4, 0.5) is 0 Å². The highest BCUT2D eigenvalue weighted by Gasteiger charge is 2.19. The summed E-state index contributed by atoms with van der Waals surface area (Å²) in [6.07, 6.45) is 4.22. The second kappa shape index (κ2) is 2.99. The van der Waals surface area contributed by atoms with Crippen LogP contribution in [0.15, 0.2) is 12.7 Å². The van der Waals surface area contributed by atoms with Gasteiger partial charge in [0.05, 0.1) is 6.10 Å². The van der Waals surface area contributed by atoms with Crippen molar-refractivity contribution in [2.45, 2.75) is 25.0 Å². The van der Waals surface area contributed by atoms with Gasteiger partial charge in [-0.3, -0.25) is 0 Å². The summed E-state index contributed by atoms with van der Waals surface area (Å²) >= 11 is 0. The quantitative estimate of drug-likeness (QED) is 0.553. The molecule has 1 heterocycles.